The van der Waals surface area contributed by atoms with Crippen LogP contribution in [0.3, 0.4) is 0 Å². The number of nitrogens with zero attached hydrogens (tertiary/aromatic N) is 6. The zero-order valence-corrected chi connectivity index (χ0v) is 19.8. The second-order valence-corrected chi connectivity index (χ2v) is 9.53. The summed E-state index contributed by atoms with van der Waals surface area (Å²) in [6, 6.07) is 6.99. The van der Waals surface area contributed by atoms with Gasteiger partial charge in [0.2, 0.25) is 5.91 Å². The van der Waals surface area contributed by atoms with Gasteiger partial charge in [0.05, 0.1) is 23.1 Å². The molecule has 2 aromatic rings. The van der Waals surface area contributed by atoms with Crippen LogP contribution in [0.1, 0.15) is 34.5 Å². The molecule has 2 aliphatic heterocycles. The summed E-state index contributed by atoms with van der Waals surface area (Å²) < 4.78 is 41.9. The molecule has 8 nitrogen and oxygen atoms in total. The lowest BCUT2D eigenvalue weighted by Crippen LogP contribution is -2.48. The SMILES string of the molecule is CN(C)C(=O)C1CN(C(=O)c2ccn(C)n2)CC12CCN(c1ccc(C#N)c(C(F)(F)F)c1)CC2. The van der Waals surface area contributed by atoms with E-state index in [9.17, 15) is 22.8 Å². The first-order valence-corrected chi connectivity index (χ1v) is 11.3. The largest absolute Gasteiger partial charge is 0.417 e. The van der Waals surface area contributed by atoms with Gasteiger partial charge in [-0.05, 0) is 37.1 Å². The van der Waals surface area contributed by atoms with Gasteiger partial charge in [0.15, 0.2) is 0 Å². The highest BCUT2D eigenvalue weighted by Crippen LogP contribution is 2.46. The lowest BCUT2D eigenvalue weighted by atomic mass is 9.70. The number of amides is 2. The number of hydrogen-bond donors (Lipinski definition) is 0. The number of alkyl halides is 3. The Balaban J connectivity index is 1.57. The minimum Gasteiger partial charge on any atom is -0.371 e. The van der Waals surface area contributed by atoms with Crippen LogP contribution in [0, 0.1) is 22.7 Å². The summed E-state index contributed by atoms with van der Waals surface area (Å²) in [4.78, 5) is 31.2. The number of likely N-dealkylation sites (tertiary alicyclic amines) is 1. The van der Waals surface area contributed by atoms with E-state index in [-0.39, 0.29) is 18.4 Å². The van der Waals surface area contributed by atoms with Gasteiger partial charge < -0.3 is 14.7 Å². The van der Waals surface area contributed by atoms with Crippen LogP contribution in [0.2, 0.25) is 0 Å². The molecule has 0 saturated carbocycles. The molecule has 0 radical (unpaired) electrons. The third-order valence-electron chi connectivity index (χ3n) is 7.16. The van der Waals surface area contributed by atoms with Gasteiger partial charge in [-0.3, -0.25) is 14.3 Å². The first-order valence-electron chi connectivity index (χ1n) is 11.3. The van der Waals surface area contributed by atoms with Crippen molar-refractivity contribution in [2.75, 3.05) is 45.2 Å². The Morgan fingerprint density at radius 2 is 1.89 bits per heavy atom. The van der Waals surface area contributed by atoms with Crippen LogP contribution >= 0.6 is 0 Å². The Hall–Kier alpha value is -3.55. The molecule has 35 heavy (non-hydrogen) atoms. The topological polar surface area (TPSA) is 85.5 Å². The molecule has 1 spiro atoms. The van der Waals surface area contributed by atoms with Crippen LogP contribution in [0.4, 0.5) is 18.9 Å². The molecule has 186 valence electrons. The third-order valence-corrected chi connectivity index (χ3v) is 7.16. The van der Waals surface area contributed by atoms with Gasteiger partial charge in [-0.15, -0.1) is 0 Å². The van der Waals surface area contributed by atoms with E-state index in [1.165, 1.54) is 17.0 Å². The third kappa shape index (κ3) is 4.57. The van der Waals surface area contributed by atoms with E-state index in [0.717, 1.165) is 6.07 Å². The molecule has 11 heteroatoms. The predicted octanol–water partition coefficient (Wildman–Crippen LogP) is 2.76. The molecule has 0 aliphatic carbocycles. The van der Waals surface area contributed by atoms with Crippen molar-refractivity contribution in [3.8, 4) is 6.07 Å². The summed E-state index contributed by atoms with van der Waals surface area (Å²) in [5, 5.41) is 13.3. The summed E-state index contributed by atoms with van der Waals surface area (Å²) in [5.74, 6) is -0.699. The van der Waals surface area contributed by atoms with Crippen molar-refractivity contribution >= 4 is 17.5 Å². The molecule has 0 N–H and O–H groups in total. The number of piperidine rings is 1. The summed E-state index contributed by atoms with van der Waals surface area (Å²) >= 11 is 0. The van der Waals surface area contributed by atoms with E-state index < -0.39 is 28.6 Å². The van der Waals surface area contributed by atoms with Crippen molar-refractivity contribution in [3.05, 3.63) is 47.3 Å². The van der Waals surface area contributed by atoms with Crippen LogP contribution in [-0.4, -0.2) is 71.7 Å². The van der Waals surface area contributed by atoms with Gasteiger partial charge in [-0.1, -0.05) is 0 Å². The number of rotatable bonds is 3. The minimum atomic E-state index is -4.63. The normalized spacial score (nSPS) is 19.6. The fourth-order valence-corrected chi connectivity index (χ4v) is 5.24. The Morgan fingerprint density at radius 3 is 2.43 bits per heavy atom. The lowest BCUT2D eigenvalue weighted by molar-refractivity contribution is -0.138. The zero-order valence-electron chi connectivity index (χ0n) is 19.8. The molecule has 2 amide bonds. The highest BCUT2D eigenvalue weighted by molar-refractivity contribution is 5.93. The van der Waals surface area contributed by atoms with E-state index in [1.54, 1.807) is 49.1 Å². The van der Waals surface area contributed by atoms with Crippen LogP contribution in [0.15, 0.2) is 30.5 Å². The number of halogens is 3. The maximum absolute atomic E-state index is 13.4. The number of hydrogen-bond acceptors (Lipinski definition) is 5. The van der Waals surface area contributed by atoms with Gasteiger partial charge in [0.1, 0.15) is 5.69 Å². The van der Waals surface area contributed by atoms with Crippen LogP contribution in [0.5, 0.6) is 0 Å². The fourth-order valence-electron chi connectivity index (χ4n) is 5.24. The molecule has 1 aromatic carbocycles. The molecule has 0 bridgehead atoms. The zero-order chi connectivity index (χ0) is 25.5. The highest BCUT2D eigenvalue weighted by atomic mass is 19.4. The van der Waals surface area contributed by atoms with Crippen molar-refractivity contribution < 1.29 is 22.8 Å². The number of benzene rings is 1. The van der Waals surface area contributed by atoms with Crippen molar-refractivity contribution in [2.45, 2.75) is 19.0 Å². The van der Waals surface area contributed by atoms with Gasteiger partial charge in [-0.25, -0.2) is 0 Å². The maximum Gasteiger partial charge on any atom is 0.417 e. The quantitative estimate of drug-likeness (QED) is 0.663. The minimum absolute atomic E-state index is 0.0625. The van der Waals surface area contributed by atoms with Crippen molar-refractivity contribution in [1.82, 2.24) is 19.6 Å². The smallest absolute Gasteiger partial charge is 0.371 e. The number of anilines is 1. The Labute approximate surface area is 201 Å². The van der Waals surface area contributed by atoms with E-state index in [2.05, 4.69) is 5.10 Å². The van der Waals surface area contributed by atoms with Gasteiger partial charge in [0.25, 0.3) is 5.91 Å². The number of carbonyl (C=O) groups is 2. The first kappa shape index (κ1) is 24.6. The second kappa shape index (κ2) is 8.91. The average Bonchev–Trinajstić information content (AvgIpc) is 3.41. The van der Waals surface area contributed by atoms with Crippen LogP contribution in [-0.2, 0) is 18.0 Å². The van der Waals surface area contributed by atoms with E-state index >= 15 is 0 Å². The van der Waals surface area contributed by atoms with Crippen molar-refractivity contribution in [1.29, 1.82) is 5.26 Å². The summed E-state index contributed by atoms with van der Waals surface area (Å²) in [5.41, 5.74) is -1.13. The average molecular weight is 489 g/mol. The van der Waals surface area contributed by atoms with Gasteiger partial charge in [-0.2, -0.15) is 23.5 Å². The number of aryl methyl sites for hydroxylation is 1. The van der Waals surface area contributed by atoms with E-state index in [1.807, 2.05) is 4.90 Å². The maximum atomic E-state index is 13.4. The molecule has 2 fully saturated rings. The molecule has 2 aliphatic rings. The fraction of sp³-hybridized carbons (Fsp3) is 0.500. The summed E-state index contributed by atoms with van der Waals surface area (Å²) in [7, 11) is 5.09. The number of aromatic nitrogens is 2. The van der Waals surface area contributed by atoms with Gasteiger partial charge in [0, 0.05) is 64.6 Å². The second-order valence-electron chi connectivity index (χ2n) is 9.53. The Bertz CT molecular complexity index is 1170. The molecule has 4 rings (SSSR count). The first-order chi connectivity index (χ1) is 16.4. The monoisotopic (exact) mass is 488 g/mol. The Kier molecular flexibility index (Phi) is 6.25. The molecule has 1 aromatic heterocycles. The molecule has 1 unspecified atom stereocenters. The molecular formula is C24H27F3N6O2. The molecule has 1 atom stereocenters. The molecular weight excluding hydrogens is 461 g/mol. The van der Waals surface area contributed by atoms with E-state index in [0.29, 0.717) is 43.9 Å². The van der Waals surface area contributed by atoms with Crippen molar-refractivity contribution in [3.63, 3.8) is 0 Å². The van der Waals surface area contributed by atoms with E-state index in [4.69, 9.17) is 5.26 Å². The van der Waals surface area contributed by atoms with Crippen LogP contribution in [0.25, 0.3) is 0 Å². The van der Waals surface area contributed by atoms with Gasteiger partial charge >= 0.3 is 6.18 Å². The van der Waals surface area contributed by atoms with Crippen LogP contribution < -0.4 is 4.90 Å². The van der Waals surface area contributed by atoms with Crippen molar-refractivity contribution in [2.24, 2.45) is 18.4 Å². The summed E-state index contributed by atoms with van der Waals surface area (Å²) in [6.07, 6.45) is -1.85. The number of nitriles is 1. The molecule has 2 saturated heterocycles. The standard InChI is InChI=1S/C24H27F3N6O2/c1-30(2)21(34)19-14-33(22(35)20-6-9-31(3)29-20)15-23(19)7-10-32(11-8-23)17-5-4-16(13-28)18(12-17)24(25,26)27/h4-6,9,12,19H,7-8,10-11,14-15H2,1-3H3. The lowest BCUT2D eigenvalue weighted by Gasteiger charge is -2.43. The Morgan fingerprint density at radius 1 is 1.20 bits per heavy atom. The summed E-state index contributed by atoms with van der Waals surface area (Å²) in [6.45, 7) is 1.54. The predicted molar refractivity (Wildman–Crippen MR) is 121 cm³/mol. The highest BCUT2D eigenvalue weighted by Gasteiger charge is 2.53. The molecule has 3 heterocycles. The number of carbonyl (C=O) groups excluding carboxylic acids is 2.